The van der Waals surface area contributed by atoms with E-state index < -0.39 is 9.84 Å². The van der Waals surface area contributed by atoms with Crippen molar-refractivity contribution in [1.29, 1.82) is 0 Å². The standard InChI is InChI=1S/C21H25N5O3S/c1-13-10-19(25-9-8-17(12-25)23-15(3)27)21-22-14(2)20(26(21)24-13)16-6-5-7-18(11-16)30(4,28)29/h5-7,10-11,17H,8-9,12H2,1-4H3,(H,23,27)/t17-/m1/s1. The van der Waals surface area contributed by atoms with Crippen molar-refractivity contribution < 1.29 is 13.2 Å². The Morgan fingerprint density at radius 3 is 2.70 bits per heavy atom. The minimum atomic E-state index is -3.32. The second-order valence-corrected chi connectivity index (χ2v) is 9.90. The number of anilines is 1. The summed E-state index contributed by atoms with van der Waals surface area (Å²) in [6.45, 7) is 6.89. The highest BCUT2D eigenvalue weighted by Crippen LogP contribution is 2.32. The number of amides is 1. The van der Waals surface area contributed by atoms with Crippen molar-refractivity contribution in [3.63, 3.8) is 0 Å². The number of sulfone groups is 1. The molecule has 0 radical (unpaired) electrons. The number of nitrogens with zero attached hydrogens (tertiary/aromatic N) is 4. The number of rotatable bonds is 4. The molecule has 1 aliphatic rings. The lowest BCUT2D eigenvalue weighted by Gasteiger charge is -2.20. The lowest BCUT2D eigenvalue weighted by atomic mass is 10.1. The van der Waals surface area contributed by atoms with Gasteiger partial charge in [-0.2, -0.15) is 5.10 Å². The van der Waals surface area contributed by atoms with Gasteiger partial charge in [0.25, 0.3) is 0 Å². The van der Waals surface area contributed by atoms with E-state index >= 15 is 0 Å². The molecule has 2 aromatic heterocycles. The van der Waals surface area contributed by atoms with E-state index in [4.69, 9.17) is 4.98 Å². The summed E-state index contributed by atoms with van der Waals surface area (Å²) in [5.41, 5.74) is 4.82. The monoisotopic (exact) mass is 427 g/mol. The van der Waals surface area contributed by atoms with Crippen LogP contribution in [0.5, 0.6) is 0 Å². The SMILES string of the molecule is CC(=O)N[C@@H]1CCN(c2cc(C)nn3c(-c4cccc(S(C)(=O)=O)c4)c(C)nc23)C1. The molecule has 1 saturated heterocycles. The second kappa shape index (κ2) is 7.39. The molecule has 158 valence electrons. The summed E-state index contributed by atoms with van der Waals surface area (Å²) in [6.07, 6.45) is 2.07. The van der Waals surface area contributed by atoms with Crippen LogP contribution in [0.4, 0.5) is 5.69 Å². The molecule has 0 spiro atoms. The van der Waals surface area contributed by atoms with Crippen LogP contribution in [-0.2, 0) is 14.6 Å². The molecule has 1 atom stereocenters. The number of nitrogens with one attached hydrogen (secondary N) is 1. The molecular weight excluding hydrogens is 402 g/mol. The van der Waals surface area contributed by atoms with Crippen molar-refractivity contribution in [2.75, 3.05) is 24.2 Å². The molecule has 8 nitrogen and oxygen atoms in total. The molecule has 0 aliphatic carbocycles. The Labute approximate surface area is 175 Å². The predicted molar refractivity (Wildman–Crippen MR) is 115 cm³/mol. The zero-order chi connectivity index (χ0) is 21.6. The summed E-state index contributed by atoms with van der Waals surface area (Å²) in [4.78, 5) is 18.7. The third kappa shape index (κ3) is 3.77. The quantitative estimate of drug-likeness (QED) is 0.685. The molecule has 0 unspecified atom stereocenters. The highest BCUT2D eigenvalue weighted by Gasteiger charge is 2.27. The summed E-state index contributed by atoms with van der Waals surface area (Å²) in [7, 11) is -3.32. The van der Waals surface area contributed by atoms with E-state index in [1.807, 2.05) is 26.0 Å². The summed E-state index contributed by atoms with van der Waals surface area (Å²) in [6, 6.07) is 8.98. The maximum atomic E-state index is 12.0. The number of carbonyl (C=O) groups excluding carboxylic acids is 1. The highest BCUT2D eigenvalue weighted by molar-refractivity contribution is 7.90. The Morgan fingerprint density at radius 2 is 2.00 bits per heavy atom. The zero-order valence-electron chi connectivity index (χ0n) is 17.5. The van der Waals surface area contributed by atoms with Crippen molar-refractivity contribution in [3.05, 3.63) is 41.7 Å². The third-order valence-electron chi connectivity index (χ3n) is 5.33. The lowest BCUT2D eigenvalue weighted by molar-refractivity contribution is -0.119. The van der Waals surface area contributed by atoms with Crippen LogP contribution in [0.1, 0.15) is 24.7 Å². The number of imidazole rings is 1. The molecule has 3 aromatic rings. The van der Waals surface area contributed by atoms with Crippen LogP contribution in [-0.4, -0.2) is 54.3 Å². The first-order valence-electron chi connectivity index (χ1n) is 9.83. The fourth-order valence-corrected chi connectivity index (χ4v) is 4.72. The van der Waals surface area contributed by atoms with Crippen LogP contribution in [0.15, 0.2) is 35.2 Å². The molecular formula is C21H25N5O3S. The third-order valence-corrected chi connectivity index (χ3v) is 6.44. The second-order valence-electron chi connectivity index (χ2n) is 7.88. The molecule has 30 heavy (non-hydrogen) atoms. The van der Waals surface area contributed by atoms with Crippen molar-refractivity contribution in [1.82, 2.24) is 19.9 Å². The molecule has 0 saturated carbocycles. The molecule has 1 aromatic carbocycles. The van der Waals surface area contributed by atoms with Gasteiger partial charge >= 0.3 is 0 Å². The highest BCUT2D eigenvalue weighted by atomic mass is 32.2. The Kier molecular flexibility index (Phi) is 5.01. The van der Waals surface area contributed by atoms with E-state index in [-0.39, 0.29) is 16.8 Å². The van der Waals surface area contributed by atoms with E-state index in [2.05, 4.69) is 15.3 Å². The van der Waals surface area contributed by atoms with Gasteiger partial charge in [0.05, 0.1) is 27.7 Å². The van der Waals surface area contributed by atoms with Crippen LogP contribution in [0.3, 0.4) is 0 Å². The average molecular weight is 428 g/mol. The first kappa shape index (κ1) is 20.3. The Bertz CT molecular complexity index is 1250. The maximum absolute atomic E-state index is 12.0. The van der Waals surface area contributed by atoms with Crippen molar-refractivity contribution in [2.45, 2.75) is 38.1 Å². The fourth-order valence-electron chi connectivity index (χ4n) is 4.05. The van der Waals surface area contributed by atoms with E-state index in [9.17, 15) is 13.2 Å². The van der Waals surface area contributed by atoms with Gasteiger partial charge in [-0.1, -0.05) is 12.1 Å². The van der Waals surface area contributed by atoms with Gasteiger partial charge in [-0.05, 0) is 38.5 Å². The van der Waals surface area contributed by atoms with Crippen LogP contribution < -0.4 is 10.2 Å². The largest absolute Gasteiger partial charge is 0.366 e. The summed E-state index contributed by atoms with van der Waals surface area (Å²) in [5.74, 6) is -0.0254. The fraction of sp³-hybridized carbons (Fsp3) is 0.381. The van der Waals surface area contributed by atoms with Crippen LogP contribution in [0.25, 0.3) is 16.9 Å². The summed E-state index contributed by atoms with van der Waals surface area (Å²) < 4.78 is 25.8. The van der Waals surface area contributed by atoms with Gasteiger partial charge in [-0.25, -0.2) is 17.9 Å². The topological polar surface area (TPSA) is 96.7 Å². The number of aromatic nitrogens is 3. The number of benzene rings is 1. The minimum absolute atomic E-state index is 0.0254. The Hall–Kier alpha value is -2.94. The molecule has 1 fully saturated rings. The smallest absolute Gasteiger partial charge is 0.217 e. The number of fused-ring (bicyclic) bond motifs is 1. The van der Waals surface area contributed by atoms with Gasteiger partial charge in [-0.15, -0.1) is 0 Å². The lowest BCUT2D eigenvalue weighted by Crippen LogP contribution is -2.35. The predicted octanol–water partition coefficient (Wildman–Crippen LogP) is 2.13. The van der Waals surface area contributed by atoms with Crippen LogP contribution in [0, 0.1) is 13.8 Å². The summed E-state index contributed by atoms with van der Waals surface area (Å²) in [5, 5.41) is 7.66. The van der Waals surface area contributed by atoms with E-state index in [0.29, 0.717) is 6.54 Å². The van der Waals surface area contributed by atoms with Gasteiger partial charge in [0.15, 0.2) is 15.5 Å². The number of carbonyl (C=O) groups is 1. The molecule has 1 N–H and O–H groups in total. The van der Waals surface area contributed by atoms with Crippen LogP contribution >= 0.6 is 0 Å². The molecule has 1 amide bonds. The van der Waals surface area contributed by atoms with E-state index in [1.54, 1.807) is 22.7 Å². The minimum Gasteiger partial charge on any atom is -0.366 e. The van der Waals surface area contributed by atoms with E-state index in [0.717, 1.165) is 46.9 Å². The molecule has 9 heteroatoms. The Balaban J connectivity index is 1.82. The zero-order valence-corrected chi connectivity index (χ0v) is 18.3. The molecule has 1 aliphatic heterocycles. The maximum Gasteiger partial charge on any atom is 0.217 e. The van der Waals surface area contributed by atoms with Gasteiger partial charge in [0.2, 0.25) is 5.91 Å². The number of aryl methyl sites for hydroxylation is 2. The first-order valence-corrected chi connectivity index (χ1v) is 11.7. The van der Waals surface area contributed by atoms with Crippen LogP contribution in [0.2, 0.25) is 0 Å². The van der Waals surface area contributed by atoms with Gasteiger partial charge in [0.1, 0.15) is 0 Å². The van der Waals surface area contributed by atoms with Gasteiger partial charge in [0, 0.05) is 37.9 Å². The van der Waals surface area contributed by atoms with Crippen molar-refractivity contribution in [2.24, 2.45) is 0 Å². The normalized spacial score (nSPS) is 16.9. The molecule has 4 rings (SSSR count). The number of hydrogen-bond acceptors (Lipinski definition) is 6. The molecule has 3 heterocycles. The van der Waals surface area contributed by atoms with Gasteiger partial charge in [-0.3, -0.25) is 4.79 Å². The molecule has 0 bridgehead atoms. The average Bonchev–Trinajstić information content (AvgIpc) is 3.23. The summed E-state index contributed by atoms with van der Waals surface area (Å²) >= 11 is 0. The number of hydrogen-bond donors (Lipinski definition) is 1. The van der Waals surface area contributed by atoms with Crippen molar-refractivity contribution in [3.8, 4) is 11.3 Å². The Morgan fingerprint density at radius 1 is 1.23 bits per heavy atom. The van der Waals surface area contributed by atoms with Gasteiger partial charge < -0.3 is 10.2 Å². The first-order chi connectivity index (χ1) is 14.1. The van der Waals surface area contributed by atoms with Crippen molar-refractivity contribution >= 4 is 27.1 Å². The van der Waals surface area contributed by atoms with E-state index in [1.165, 1.54) is 13.2 Å².